The topological polar surface area (TPSA) is 114 Å². The molecule has 2 N–H and O–H groups in total. The van der Waals surface area contributed by atoms with Gasteiger partial charge in [0.25, 0.3) is 5.91 Å². The van der Waals surface area contributed by atoms with E-state index in [-0.39, 0.29) is 29.6 Å². The molecule has 1 amide bonds. The number of hydrogen-bond donors (Lipinski definition) is 2. The Labute approximate surface area is 286 Å². The second-order valence-corrected chi connectivity index (χ2v) is 14.7. The Morgan fingerprint density at radius 3 is 2.33 bits per heavy atom. The third kappa shape index (κ3) is 8.06. The number of aliphatic hydroxyl groups is 1. The normalized spacial score (nSPS) is 17.6. The number of ether oxygens (including phenoxy) is 2. The summed E-state index contributed by atoms with van der Waals surface area (Å²) in [6.07, 6.45) is 0.0480. The van der Waals surface area contributed by atoms with Gasteiger partial charge in [0.2, 0.25) is 5.90 Å². The maximum Gasteiger partial charge on any atom is 0.252 e. The highest BCUT2D eigenvalue weighted by atomic mass is 79.9. The van der Waals surface area contributed by atoms with Gasteiger partial charge in [0.15, 0.2) is 21.5 Å². The van der Waals surface area contributed by atoms with Crippen LogP contribution in [0.1, 0.15) is 35.6 Å². The summed E-state index contributed by atoms with van der Waals surface area (Å²) in [5, 5.41) is 12.1. The van der Waals surface area contributed by atoms with Crippen LogP contribution in [0.4, 0.5) is 0 Å². The van der Waals surface area contributed by atoms with Gasteiger partial charge >= 0.3 is 0 Å². The lowest BCUT2D eigenvalue weighted by atomic mass is 9.85. The summed E-state index contributed by atoms with van der Waals surface area (Å²) in [5.41, 5.74) is 0.726. The number of nitrogens with one attached hydrogen (secondary N) is 1. The van der Waals surface area contributed by atoms with Gasteiger partial charge in [0.1, 0.15) is 5.75 Å². The van der Waals surface area contributed by atoms with Crippen molar-refractivity contribution in [3.05, 3.63) is 129 Å². The minimum Gasteiger partial charge on any atom is -0.494 e. The predicted octanol–water partition coefficient (Wildman–Crippen LogP) is 6.45. The third-order valence-corrected chi connectivity index (χ3v) is 10.7. The molecular formula is C35H34Br2N2O6S. The van der Waals surface area contributed by atoms with Gasteiger partial charge in [0.05, 0.1) is 17.3 Å². The van der Waals surface area contributed by atoms with Gasteiger partial charge in [-0.25, -0.2) is 13.4 Å². The predicted molar refractivity (Wildman–Crippen MR) is 185 cm³/mol. The van der Waals surface area contributed by atoms with Gasteiger partial charge in [-0.05, 0) is 66.6 Å². The minimum atomic E-state index is -3.76. The molecule has 4 aromatic rings. The molecule has 11 heteroatoms. The van der Waals surface area contributed by atoms with Crippen LogP contribution in [0.15, 0.2) is 122 Å². The Hall–Kier alpha value is -3.51. The highest BCUT2D eigenvalue weighted by molar-refractivity contribution is 9.10. The standard InChI is InChI=1S/C35H34Br2N2O6S/c36-27-15-11-25(12-16-27)19-21-38-34(41)35(20-24-46(42,43)29-7-2-1-3-8-29)32(30-9-4-5-10-31(30)37)45-33(39-35)26-13-17-28(18-14-26)44-23-6-22-40/h1-5,7-18,32,40H,6,19-24H2,(H,38,41)/t32-,35-/m1/s1. The highest BCUT2D eigenvalue weighted by Crippen LogP contribution is 2.45. The van der Waals surface area contributed by atoms with E-state index in [2.05, 4.69) is 37.2 Å². The first-order valence-electron chi connectivity index (χ1n) is 14.9. The molecule has 0 aromatic heterocycles. The molecule has 0 fully saturated rings. The zero-order valence-electron chi connectivity index (χ0n) is 24.9. The van der Waals surface area contributed by atoms with Crippen LogP contribution in [-0.4, -0.2) is 56.4 Å². The van der Waals surface area contributed by atoms with Crippen molar-refractivity contribution in [3.8, 4) is 5.75 Å². The summed E-state index contributed by atoms with van der Waals surface area (Å²) in [6.45, 7) is 0.727. The van der Waals surface area contributed by atoms with Crippen LogP contribution in [0, 0.1) is 0 Å². The highest BCUT2D eigenvalue weighted by Gasteiger charge is 2.54. The molecule has 0 aliphatic carbocycles. The molecule has 0 unspecified atom stereocenters. The number of benzene rings is 4. The molecule has 5 rings (SSSR count). The zero-order chi connectivity index (χ0) is 32.6. The molecule has 240 valence electrons. The van der Waals surface area contributed by atoms with E-state index in [9.17, 15) is 13.2 Å². The third-order valence-electron chi connectivity index (χ3n) is 7.68. The van der Waals surface area contributed by atoms with E-state index >= 15 is 0 Å². The molecule has 0 bridgehead atoms. The first-order valence-corrected chi connectivity index (χ1v) is 18.1. The van der Waals surface area contributed by atoms with Gasteiger partial charge < -0.3 is 19.9 Å². The van der Waals surface area contributed by atoms with Crippen molar-refractivity contribution >= 4 is 53.5 Å². The van der Waals surface area contributed by atoms with Gasteiger partial charge in [-0.1, -0.05) is 80.4 Å². The van der Waals surface area contributed by atoms with Crippen molar-refractivity contribution in [1.29, 1.82) is 0 Å². The first kappa shape index (κ1) is 33.8. The molecule has 1 aliphatic rings. The van der Waals surface area contributed by atoms with E-state index in [4.69, 9.17) is 19.6 Å². The maximum absolute atomic E-state index is 14.4. The van der Waals surface area contributed by atoms with Crippen molar-refractivity contribution < 1.29 is 27.8 Å². The molecule has 1 heterocycles. The molecule has 4 aromatic carbocycles. The van der Waals surface area contributed by atoms with Crippen LogP contribution in [0.25, 0.3) is 0 Å². The Balaban J connectivity index is 1.52. The van der Waals surface area contributed by atoms with Crippen LogP contribution in [0.5, 0.6) is 5.75 Å². The fourth-order valence-corrected chi connectivity index (χ4v) is 7.34. The Morgan fingerprint density at radius 2 is 1.63 bits per heavy atom. The fourth-order valence-electron chi connectivity index (χ4n) is 5.20. The molecular weight excluding hydrogens is 736 g/mol. The minimum absolute atomic E-state index is 0.0342. The fraction of sp³-hybridized carbons (Fsp3) is 0.257. The van der Waals surface area contributed by atoms with E-state index in [1.54, 1.807) is 54.6 Å². The van der Waals surface area contributed by atoms with Crippen LogP contribution in [-0.2, 0) is 25.8 Å². The molecule has 0 saturated carbocycles. The van der Waals surface area contributed by atoms with Crippen molar-refractivity contribution in [2.75, 3.05) is 25.5 Å². The quantitative estimate of drug-likeness (QED) is 0.143. The second kappa shape index (κ2) is 15.4. The molecule has 2 atom stereocenters. The van der Waals surface area contributed by atoms with E-state index in [0.717, 1.165) is 10.0 Å². The van der Waals surface area contributed by atoms with Crippen LogP contribution < -0.4 is 10.1 Å². The van der Waals surface area contributed by atoms with Crippen molar-refractivity contribution in [3.63, 3.8) is 0 Å². The average Bonchev–Trinajstić information content (AvgIpc) is 3.46. The zero-order valence-corrected chi connectivity index (χ0v) is 28.9. The van der Waals surface area contributed by atoms with Crippen molar-refractivity contribution in [2.24, 2.45) is 4.99 Å². The van der Waals surface area contributed by atoms with Gasteiger partial charge in [-0.15, -0.1) is 0 Å². The van der Waals surface area contributed by atoms with Crippen LogP contribution in [0.3, 0.4) is 0 Å². The monoisotopic (exact) mass is 768 g/mol. The lowest BCUT2D eigenvalue weighted by Gasteiger charge is -2.31. The summed E-state index contributed by atoms with van der Waals surface area (Å²) in [7, 11) is -3.76. The summed E-state index contributed by atoms with van der Waals surface area (Å²) >= 11 is 7.07. The number of aliphatic imine (C=N–C) groups is 1. The number of carbonyl (C=O) groups excluding carboxylic acids is 1. The maximum atomic E-state index is 14.4. The summed E-state index contributed by atoms with van der Waals surface area (Å²) in [4.78, 5) is 19.5. The average molecular weight is 771 g/mol. The lowest BCUT2D eigenvalue weighted by molar-refractivity contribution is -0.129. The summed E-state index contributed by atoms with van der Waals surface area (Å²) in [5.74, 6) is 0.0926. The number of halogens is 2. The second-order valence-electron chi connectivity index (χ2n) is 10.8. The number of nitrogens with zero attached hydrogens (tertiary/aromatic N) is 1. The van der Waals surface area contributed by atoms with Crippen molar-refractivity contribution in [1.82, 2.24) is 5.32 Å². The smallest absolute Gasteiger partial charge is 0.252 e. The molecule has 1 aliphatic heterocycles. The number of sulfone groups is 1. The number of carbonyl (C=O) groups is 1. The van der Waals surface area contributed by atoms with Gasteiger partial charge in [-0.3, -0.25) is 4.79 Å². The van der Waals surface area contributed by atoms with E-state index in [0.29, 0.717) is 47.3 Å². The van der Waals surface area contributed by atoms with E-state index in [1.807, 2.05) is 48.5 Å². The Bertz CT molecular complexity index is 1770. The number of hydrogen-bond acceptors (Lipinski definition) is 7. The lowest BCUT2D eigenvalue weighted by Crippen LogP contribution is -2.49. The van der Waals surface area contributed by atoms with E-state index in [1.165, 1.54) is 0 Å². The summed E-state index contributed by atoms with van der Waals surface area (Å²) in [6, 6.07) is 30.6. The van der Waals surface area contributed by atoms with Gasteiger partial charge in [0, 0.05) is 46.1 Å². The number of aliphatic hydroxyl groups excluding tert-OH is 1. The first-order chi connectivity index (χ1) is 22.2. The van der Waals surface area contributed by atoms with Crippen molar-refractivity contribution in [2.45, 2.75) is 35.8 Å². The van der Waals surface area contributed by atoms with E-state index < -0.39 is 27.4 Å². The Kier molecular flexibility index (Phi) is 11.3. The van der Waals surface area contributed by atoms with Crippen LogP contribution in [0.2, 0.25) is 0 Å². The SMILES string of the molecule is O=C(NCCc1ccc(Br)cc1)[C@]1(CCS(=O)(=O)c2ccccc2)N=C(c2ccc(OCCCO)cc2)O[C@@H]1c1ccccc1Br. The molecule has 8 nitrogen and oxygen atoms in total. The summed E-state index contributed by atoms with van der Waals surface area (Å²) < 4.78 is 40.9. The van der Waals surface area contributed by atoms with Crippen LogP contribution >= 0.6 is 31.9 Å². The largest absolute Gasteiger partial charge is 0.494 e. The number of rotatable bonds is 14. The van der Waals surface area contributed by atoms with Gasteiger partial charge in [-0.2, -0.15) is 0 Å². The number of amides is 1. The molecule has 0 spiro atoms. The molecule has 0 saturated heterocycles. The Morgan fingerprint density at radius 1 is 0.935 bits per heavy atom. The molecule has 0 radical (unpaired) electrons. The molecule has 46 heavy (non-hydrogen) atoms.